The molecule has 0 N–H and O–H groups in total. The van der Waals surface area contributed by atoms with Crippen molar-refractivity contribution in [2.75, 3.05) is 30.1 Å². The molecule has 174 valence electrons. The van der Waals surface area contributed by atoms with Gasteiger partial charge in [0.1, 0.15) is 12.4 Å². The molecule has 0 spiro atoms. The van der Waals surface area contributed by atoms with Gasteiger partial charge in [-0.1, -0.05) is 33.4 Å². The summed E-state index contributed by atoms with van der Waals surface area (Å²) in [7, 11) is 2.05. The van der Waals surface area contributed by atoms with Crippen molar-refractivity contribution in [1.29, 1.82) is 0 Å². The zero-order valence-corrected chi connectivity index (χ0v) is 20.1. The van der Waals surface area contributed by atoms with E-state index in [2.05, 4.69) is 37.4 Å². The quantitative estimate of drug-likeness (QED) is 0.234. The van der Waals surface area contributed by atoms with Crippen LogP contribution in [0.25, 0.3) is 0 Å². The van der Waals surface area contributed by atoms with Gasteiger partial charge in [0.25, 0.3) is 5.92 Å². The molecule has 1 atom stereocenters. The number of hydrogen-bond acceptors (Lipinski definition) is 5. The fraction of sp³-hybridized carbons (Fsp3) is 0.667. The normalized spacial score (nSPS) is 16.8. The number of aryl methyl sites for hydroxylation is 1. The van der Waals surface area contributed by atoms with Crippen molar-refractivity contribution in [3.63, 3.8) is 0 Å². The fourth-order valence-electron chi connectivity index (χ4n) is 3.92. The number of pyridine rings is 1. The lowest BCUT2D eigenvalue weighted by molar-refractivity contribution is -0.0726. The van der Waals surface area contributed by atoms with Crippen LogP contribution in [0.5, 0.6) is 0 Å². The first-order valence-electron chi connectivity index (χ1n) is 11.0. The van der Waals surface area contributed by atoms with Crippen LogP contribution < -0.4 is 9.91 Å². The maximum atomic E-state index is 13.8. The summed E-state index contributed by atoms with van der Waals surface area (Å²) in [5.74, 6) is 0.236. The van der Waals surface area contributed by atoms with E-state index in [1.807, 2.05) is 26.1 Å². The molecule has 0 aromatic carbocycles. The molecule has 0 saturated heterocycles. The Bertz CT molecular complexity index is 784. The SMILES string of the molecule is C=CN(/N=C(\C)OCC1(C(C)(F)F)CC1)c1ccc(C)c(N(C)C[C@@H](C)CC(C)C)n1. The van der Waals surface area contributed by atoms with E-state index in [1.54, 1.807) is 6.92 Å². The van der Waals surface area contributed by atoms with Crippen molar-refractivity contribution in [2.45, 2.75) is 66.7 Å². The van der Waals surface area contributed by atoms with E-state index in [-0.39, 0.29) is 6.61 Å². The fourth-order valence-corrected chi connectivity index (χ4v) is 3.92. The van der Waals surface area contributed by atoms with Gasteiger partial charge in [0, 0.05) is 33.6 Å². The Labute approximate surface area is 186 Å². The van der Waals surface area contributed by atoms with Crippen LogP contribution in [-0.2, 0) is 4.74 Å². The molecule has 1 aliphatic rings. The van der Waals surface area contributed by atoms with E-state index in [0.29, 0.717) is 36.4 Å². The Kier molecular flexibility index (Phi) is 8.06. The van der Waals surface area contributed by atoms with Gasteiger partial charge >= 0.3 is 0 Å². The minimum atomic E-state index is -2.75. The zero-order valence-electron chi connectivity index (χ0n) is 20.1. The summed E-state index contributed by atoms with van der Waals surface area (Å²) < 4.78 is 33.1. The van der Waals surface area contributed by atoms with Crippen LogP contribution >= 0.6 is 0 Å². The van der Waals surface area contributed by atoms with Gasteiger partial charge in [0.05, 0.1) is 5.41 Å². The molecule has 2 rings (SSSR count). The van der Waals surface area contributed by atoms with Crippen molar-refractivity contribution >= 4 is 17.5 Å². The van der Waals surface area contributed by atoms with Gasteiger partial charge in [-0.3, -0.25) is 0 Å². The van der Waals surface area contributed by atoms with Crippen LogP contribution in [0.3, 0.4) is 0 Å². The van der Waals surface area contributed by atoms with Gasteiger partial charge in [-0.15, -0.1) is 5.10 Å². The molecular weight excluding hydrogens is 398 g/mol. The highest BCUT2D eigenvalue weighted by atomic mass is 19.3. The standard InChI is InChI=1S/C24H38F2N4O/c1-9-30(28-20(6)31-16-24(12-13-24)23(7,25)26)21-11-10-19(5)22(27-21)29(8)15-18(4)14-17(2)3/h9-11,17-18H,1,12-16H2,2-8H3/b28-20+/t18-/m0/s1. The molecule has 1 heterocycles. The molecule has 0 radical (unpaired) electrons. The van der Waals surface area contributed by atoms with Crippen LogP contribution in [0, 0.1) is 24.2 Å². The first-order chi connectivity index (χ1) is 14.4. The Morgan fingerprint density at radius 3 is 2.52 bits per heavy atom. The maximum Gasteiger partial charge on any atom is 0.254 e. The highest BCUT2D eigenvalue weighted by Gasteiger charge is 2.59. The van der Waals surface area contributed by atoms with Crippen molar-refractivity contribution in [1.82, 2.24) is 4.98 Å². The second-order valence-electron chi connectivity index (χ2n) is 9.53. The number of anilines is 2. The van der Waals surface area contributed by atoms with Crippen LogP contribution in [0.4, 0.5) is 20.4 Å². The lowest BCUT2D eigenvalue weighted by Gasteiger charge is -2.26. The van der Waals surface area contributed by atoms with E-state index >= 15 is 0 Å². The van der Waals surface area contributed by atoms with Crippen molar-refractivity contribution in [3.8, 4) is 0 Å². The number of alkyl halides is 2. The van der Waals surface area contributed by atoms with Crippen molar-refractivity contribution in [2.24, 2.45) is 22.4 Å². The number of ether oxygens (including phenoxy) is 1. The van der Waals surface area contributed by atoms with E-state index in [1.165, 1.54) is 11.2 Å². The van der Waals surface area contributed by atoms with Gasteiger partial charge in [0.15, 0.2) is 5.82 Å². The minimum Gasteiger partial charge on any atom is -0.479 e. The average Bonchev–Trinajstić information content (AvgIpc) is 3.45. The zero-order chi connectivity index (χ0) is 23.4. The summed E-state index contributed by atoms with van der Waals surface area (Å²) in [6.07, 6.45) is 3.64. The number of hydrazone groups is 1. The molecule has 0 aliphatic heterocycles. The third-order valence-electron chi connectivity index (χ3n) is 5.87. The summed E-state index contributed by atoms with van der Waals surface area (Å²) in [6.45, 7) is 16.1. The van der Waals surface area contributed by atoms with Gasteiger partial charge in [-0.2, -0.15) is 0 Å². The molecule has 1 saturated carbocycles. The summed E-state index contributed by atoms with van der Waals surface area (Å²) in [4.78, 5) is 6.95. The molecule has 1 aliphatic carbocycles. The maximum absolute atomic E-state index is 13.8. The average molecular weight is 437 g/mol. The van der Waals surface area contributed by atoms with Crippen LogP contribution in [0.1, 0.15) is 59.4 Å². The molecule has 1 aromatic rings. The first kappa shape index (κ1) is 25.1. The summed E-state index contributed by atoms with van der Waals surface area (Å²) in [6, 6.07) is 3.87. The van der Waals surface area contributed by atoms with Crippen LogP contribution in [0.15, 0.2) is 30.0 Å². The number of nitrogens with zero attached hydrogens (tertiary/aromatic N) is 4. The molecule has 0 bridgehead atoms. The first-order valence-corrected chi connectivity index (χ1v) is 11.0. The number of hydrogen-bond donors (Lipinski definition) is 0. The lowest BCUT2D eigenvalue weighted by atomic mass is 9.98. The molecule has 0 amide bonds. The van der Waals surface area contributed by atoms with Gasteiger partial charge in [-0.05, 0) is 49.7 Å². The number of rotatable bonds is 11. The molecule has 7 heteroatoms. The minimum absolute atomic E-state index is 0.0418. The summed E-state index contributed by atoms with van der Waals surface area (Å²) in [5.41, 5.74) is 0.0119. The summed E-state index contributed by atoms with van der Waals surface area (Å²) in [5, 5.41) is 5.91. The number of halogens is 2. The van der Waals surface area contributed by atoms with Crippen molar-refractivity contribution < 1.29 is 13.5 Å². The molecule has 0 unspecified atom stereocenters. The second-order valence-corrected chi connectivity index (χ2v) is 9.53. The Morgan fingerprint density at radius 2 is 2.00 bits per heavy atom. The molecule has 1 aromatic heterocycles. The van der Waals surface area contributed by atoms with E-state index in [4.69, 9.17) is 9.72 Å². The largest absolute Gasteiger partial charge is 0.479 e. The Morgan fingerprint density at radius 1 is 1.35 bits per heavy atom. The van der Waals surface area contributed by atoms with Gasteiger partial charge in [-0.25, -0.2) is 18.8 Å². The molecule has 5 nitrogen and oxygen atoms in total. The third-order valence-corrected chi connectivity index (χ3v) is 5.87. The topological polar surface area (TPSA) is 41.0 Å². The number of aromatic nitrogens is 1. The van der Waals surface area contributed by atoms with E-state index < -0.39 is 11.3 Å². The van der Waals surface area contributed by atoms with Crippen LogP contribution in [0.2, 0.25) is 0 Å². The molecule has 31 heavy (non-hydrogen) atoms. The van der Waals surface area contributed by atoms with E-state index in [9.17, 15) is 8.78 Å². The van der Waals surface area contributed by atoms with Crippen molar-refractivity contribution in [3.05, 3.63) is 30.5 Å². The highest BCUT2D eigenvalue weighted by molar-refractivity contribution is 5.74. The second kappa shape index (κ2) is 9.96. The highest BCUT2D eigenvalue weighted by Crippen LogP contribution is 2.56. The van der Waals surface area contributed by atoms with E-state index in [0.717, 1.165) is 31.3 Å². The Balaban J connectivity index is 2.11. The molecular formula is C24H38F2N4O. The predicted molar refractivity (Wildman–Crippen MR) is 125 cm³/mol. The lowest BCUT2D eigenvalue weighted by Crippen LogP contribution is -2.31. The summed E-state index contributed by atoms with van der Waals surface area (Å²) >= 11 is 0. The molecule has 1 fully saturated rings. The van der Waals surface area contributed by atoms with Gasteiger partial charge in [0.2, 0.25) is 5.90 Å². The Hall–Kier alpha value is -2.18. The van der Waals surface area contributed by atoms with Crippen LogP contribution in [-0.4, -0.2) is 37.0 Å². The third kappa shape index (κ3) is 6.65. The monoisotopic (exact) mass is 436 g/mol. The smallest absolute Gasteiger partial charge is 0.254 e. The van der Waals surface area contributed by atoms with Gasteiger partial charge < -0.3 is 9.64 Å². The predicted octanol–water partition coefficient (Wildman–Crippen LogP) is 6.24.